The van der Waals surface area contributed by atoms with Gasteiger partial charge in [-0.1, -0.05) is 24.3 Å². The standard InChI is InChI=1S/C21H22F2N2O4/c1-13(19-24-17-9-4-5-10-18(17)25(19)21(22)23)29-20(26)14(2)28-12-15-7-6-8-16(11-15)27-3/h4-11,13-14,21H,12H2,1-3H3. The number of hydrogen-bond acceptors (Lipinski definition) is 5. The number of esters is 1. The minimum absolute atomic E-state index is 0.0189. The molecule has 0 spiro atoms. The van der Waals surface area contributed by atoms with Crippen LogP contribution < -0.4 is 4.74 Å². The Morgan fingerprint density at radius 3 is 2.62 bits per heavy atom. The highest BCUT2D eigenvalue weighted by molar-refractivity contribution is 5.77. The van der Waals surface area contributed by atoms with E-state index in [0.717, 1.165) is 10.1 Å². The van der Waals surface area contributed by atoms with Crippen LogP contribution in [0.1, 0.15) is 37.9 Å². The Hall–Kier alpha value is -3.00. The first-order valence-electron chi connectivity index (χ1n) is 9.10. The molecule has 0 aliphatic heterocycles. The number of imidazole rings is 1. The van der Waals surface area contributed by atoms with Gasteiger partial charge in [0.2, 0.25) is 0 Å². The van der Waals surface area contributed by atoms with Crippen molar-refractivity contribution in [2.75, 3.05) is 7.11 Å². The van der Waals surface area contributed by atoms with E-state index in [1.807, 2.05) is 12.1 Å². The number of halogens is 2. The second-order valence-electron chi connectivity index (χ2n) is 6.49. The van der Waals surface area contributed by atoms with E-state index in [2.05, 4.69) is 4.98 Å². The number of rotatable bonds is 8. The lowest BCUT2D eigenvalue weighted by atomic mass is 10.2. The number of hydrogen-bond donors (Lipinski definition) is 0. The van der Waals surface area contributed by atoms with E-state index in [0.29, 0.717) is 11.3 Å². The Labute approximate surface area is 167 Å². The fourth-order valence-corrected chi connectivity index (χ4v) is 2.93. The van der Waals surface area contributed by atoms with Gasteiger partial charge in [-0.25, -0.2) is 9.78 Å². The molecule has 3 aromatic rings. The third-order valence-electron chi connectivity index (χ3n) is 4.44. The molecule has 0 fully saturated rings. The molecule has 1 aromatic heterocycles. The molecule has 6 nitrogen and oxygen atoms in total. The summed E-state index contributed by atoms with van der Waals surface area (Å²) >= 11 is 0. The van der Waals surface area contributed by atoms with Crippen LogP contribution >= 0.6 is 0 Å². The lowest BCUT2D eigenvalue weighted by Crippen LogP contribution is -2.25. The predicted octanol–water partition coefficient (Wildman–Crippen LogP) is 4.65. The monoisotopic (exact) mass is 404 g/mol. The molecule has 2 unspecified atom stereocenters. The van der Waals surface area contributed by atoms with Crippen molar-refractivity contribution in [2.24, 2.45) is 0 Å². The van der Waals surface area contributed by atoms with Crippen LogP contribution in [-0.2, 0) is 20.9 Å². The van der Waals surface area contributed by atoms with Crippen molar-refractivity contribution in [1.82, 2.24) is 9.55 Å². The van der Waals surface area contributed by atoms with E-state index in [1.54, 1.807) is 50.4 Å². The number of para-hydroxylation sites is 2. The quantitative estimate of drug-likeness (QED) is 0.512. The summed E-state index contributed by atoms with van der Waals surface area (Å²) in [5, 5.41) is 0. The summed E-state index contributed by atoms with van der Waals surface area (Å²) in [5.41, 5.74) is 1.52. The molecule has 0 saturated carbocycles. The summed E-state index contributed by atoms with van der Waals surface area (Å²) < 4.78 is 44.0. The molecule has 1 heterocycles. The van der Waals surface area contributed by atoms with Gasteiger partial charge < -0.3 is 14.2 Å². The molecule has 0 bridgehead atoms. The maximum absolute atomic E-state index is 13.6. The van der Waals surface area contributed by atoms with Gasteiger partial charge in [0.1, 0.15) is 5.75 Å². The largest absolute Gasteiger partial charge is 0.497 e. The molecule has 8 heteroatoms. The number of benzene rings is 2. The van der Waals surface area contributed by atoms with Gasteiger partial charge in [-0.3, -0.25) is 4.57 Å². The van der Waals surface area contributed by atoms with E-state index >= 15 is 0 Å². The summed E-state index contributed by atoms with van der Waals surface area (Å²) in [4.78, 5) is 16.6. The molecule has 2 atom stereocenters. The predicted molar refractivity (Wildman–Crippen MR) is 103 cm³/mol. The molecule has 29 heavy (non-hydrogen) atoms. The number of aromatic nitrogens is 2. The number of ether oxygens (including phenoxy) is 3. The van der Waals surface area contributed by atoms with Gasteiger partial charge in [-0.2, -0.15) is 8.78 Å². The van der Waals surface area contributed by atoms with Gasteiger partial charge >= 0.3 is 12.5 Å². The van der Waals surface area contributed by atoms with E-state index in [9.17, 15) is 13.6 Å². The number of fused-ring (bicyclic) bond motifs is 1. The summed E-state index contributed by atoms with van der Waals surface area (Å²) in [6, 6.07) is 13.8. The van der Waals surface area contributed by atoms with Crippen LogP contribution in [0.25, 0.3) is 11.0 Å². The van der Waals surface area contributed by atoms with Gasteiger partial charge in [0.05, 0.1) is 24.8 Å². The zero-order valence-corrected chi connectivity index (χ0v) is 16.3. The third kappa shape index (κ3) is 4.71. The topological polar surface area (TPSA) is 62.6 Å². The van der Waals surface area contributed by atoms with Crippen LogP contribution in [0.2, 0.25) is 0 Å². The molecular weight excluding hydrogens is 382 g/mol. The van der Waals surface area contributed by atoms with Crippen molar-refractivity contribution < 1.29 is 27.8 Å². The molecule has 0 radical (unpaired) electrons. The van der Waals surface area contributed by atoms with Crippen LogP contribution in [0.3, 0.4) is 0 Å². The third-order valence-corrected chi connectivity index (χ3v) is 4.44. The van der Waals surface area contributed by atoms with Gasteiger partial charge in [-0.05, 0) is 43.7 Å². The Morgan fingerprint density at radius 1 is 1.14 bits per heavy atom. The highest BCUT2D eigenvalue weighted by Gasteiger charge is 2.26. The van der Waals surface area contributed by atoms with E-state index in [-0.39, 0.29) is 17.9 Å². The van der Waals surface area contributed by atoms with Gasteiger partial charge in [0.25, 0.3) is 0 Å². The number of carbonyl (C=O) groups excluding carboxylic acids is 1. The smallest absolute Gasteiger partial charge is 0.335 e. The van der Waals surface area contributed by atoms with Crippen molar-refractivity contribution in [1.29, 1.82) is 0 Å². The Morgan fingerprint density at radius 2 is 1.90 bits per heavy atom. The molecule has 0 amide bonds. The van der Waals surface area contributed by atoms with Crippen LogP contribution in [0, 0.1) is 0 Å². The SMILES string of the molecule is COc1cccc(COC(C)C(=O)OC(C)c2nc3ccccc3n2C(F)F)c1. The average molecular weight is 404 g/mol. The van der Waals surface area contributed by atoms with Crippen molar-refractivity contribution >= 4 is 17.0 Å². The van der Waals surface area contributed by atoms with Gasteiger partial charge in [-0.15, -0.1) is 0 Å². The maximum Gasteiger partial charge on any atom is 0.335 e. The van der Waals surface area contributed by atoms with Crippen LogP contribution in [0.5, 0.6) is 5.75 Å². The lowest BCUT2D eigenvalue weighted by Gasteiger charge is -2.18. The normalized spacial score (nSPS) is 13.4. The van der Waals surface area contributed by atoms with Crippen molar-refractivity contribution in [3.63, 3.8) is 0 Å². The second-order valence-corrected chi connectivity index (χ2v) is 6.49. The lowest BCUT2D eigenvalue weighted by molar-refractivity contribution is -0.162. The Balaban J connectivity index is 1.67. The zero-order valence-electron chi connectivity index (χ0n) is 16.3. The fourth-order valence-electron chi connectivity index (χ4n) is 2.93. The second kappa shape index (κ2) is 9.00. The van der Waals surface area contributed by atoms with Crippen LogP contribution in [0.15, 0.2) is 48.5 Å². The minimum atomic E-state index is -2.81. The first kappa shape index (κ1) is 20.7. The molecule has 154 valence electrons. The number of alkyl halides is 2. The highest BCUT2D eigenvalue weighted by atomic mass is 19.3. The number of methoxy groups -OCH3 is 1. The van der Waals surface area contributed by atoms with Crippen LogP contribution in [0.4, 0.5) is 8.78 Å². The van der Waals surface area contributed by atoms with Gasteiger partial charge in [0, 0.05) is 0 Å². The summed E-state index contributed by atoms with van der Waals surface area (Å²) in [5.74, 6) is 0.00340. The molecular formula is C21H22F2N2O4. The summed E-state index contributed by atoms with van der Waals surface area (Å²) in [6.45, 7) is 0.426. The molecule has 2 aromatic carbocycles. The van der Waals surface area contributed by atoms with Crippen LogP contribution in [-0.4, -0.2) is 28.7 Å². The first-order chi connectivity index (χ1) is 13.9. The average Bonchev–Trinajstić information content (AvgIpc) is 3.12. The molecule has 0 N–H and O–H groups in total. The van der Waals surface area contributed by atoms with Crippen molar-refractivity contribution in [2.45, 2.75) is 39.2 Å². The molecule has 0 saturated heterocycles. The maximum atomic E-state index is 13.6. The first-order valence-corrected chi connectivity index (χ1v) is 9.10. The van der Waals surface area contributed by atoms with Crippen molar-refractivity contribution in [3.05, 3.63) is 59.9 Å². The van der Waals surface area contributed by atoms with E-state index in [4.69, 9.17) is 14.2 Å². The number of carbonyl (C=O) groups is 1. The van der Waals surface area contributed by atoms with Crippen molar-refractivity contribution in [3.8, 4) is 5.75 Å². The molecule has 0 aliphatic carbocycles. The van der Waals surface area contributed by atoms with E-state index in [1.165, 1.54) is 6.92 Å². The fraction of sp³-hybridized carbons (Fsp3) is 0.333. The van der Waals surface area contributed by atoms with Gasteiger partial charge in [0.15, 0.2) is 18.0 Å². The number of nitrogens with zero attached hydrogens (tertiary/aromatic N) is 2. The molecule has 3 rings (SSSR count). The minimum Gasteiger partial charge on any atom is -0.497 e. The summed E-state index contributed by atoms with van der Waals surface area (Å²) in [6.07, 6.45) is -1.85. The van der Waals surface area contributed by atoms with E-state index < -0.39 is 24.7 Å². The summed E-state index contributed by atoms with van der Waals surface area (Å²) in [7, 11) is 1.56. The highest BCUT2D eigenvalue weighted by Crippen LogP contribution is 2.28. The Bertz CT molecular complexity index is 990. The zero-order chi connectivity index (χ0) is 21.0. The molecule has 0 aliphatic rings. The Kier molecular flexibility index (Phi) is 6.43.